The van der Waals surface area contributed by atoms with Crippen LogP contribution in [0.4, 0.5) is 0 Å². The number of nitrogens with zero attached hydrogens (tertiary/aromatic N) is 1. The molecule has 0 radical (unpaired) electrons. The standard InChI is InChI=1S/C13H21NO5/c1-14(8-4-7-11(15)19-2)12(16)9-5-3-6-10(9)13(17)18/h9-10H,3-8H2,1-2H3,(H,17,18)/t9-,10+/m1/s1. The Morgan fingerprint density at radius 1 is 1.26 bits per heavy atom. The number of carboxylic acids is 1. The monoisotopic (exact) mass is 271 g/mol. The van der Waals surface area contributed by atoms with Crippen LogP contribution in [0.5, 0.6) is 0 Å². The molecule has 0 unspecified atom stereocenters. The van der Waals surface area contributed by atoms with E-state index in [1.165, 1.54) is 12.0 Å². The molecule has 6 nitrogen and oxygen atoms in total. The number of carbonyl (C=O) groups excluding carboxylic acids is 2. The molecule has 1 rings (SSSR count). The zero-order chi connectivity index (χ0) is 14.4. The predicted molar refractivity (Wildman–Crippen MR) is 67.4 cm³/mol. The number of aliphatic carboxylic acids is 1. The van der Waals surface area contributed by atoms with Crippen LogP contribution in [0.3, 0.4) is 0 Å². The number of rotatable bonds is 6. The molecule has 1 saturated carbocycles. The second-order valence-electron chi connectivity index (χ2n) is 4.92. The largest absolute Gasteiger partial charge is 0.481 e. The van der Waals surface area contributed by atoms with Crippen molar-refractivity contribution < 1.29 is 24.2 Å². The topological polar surface area (TPSA) is 83.9 Å². The van der Waals surface area contributed by atoms with Gasteiger partial charge in [0.25, 0.3) is 0 Å². The van der Waals surface area contributed by atoms with Gasteiger partial charge in [0.2, 0.25) is 5.91 Å². The Balaban J connectivity index is 2.43. The average molecular weight is 271 g/mol. The maximum Gasteiger partial charge on any atom is 0.307 e. The van der Waals surface area contributed by atoms with E-state index in [4.69, 9.17) is 5.11 Å². The summed E-state index contributed by atoms with van der Waals surface area (Å²) in [4.78, 5) is 35.7. The molecule has 1 amide bonds. The van der Waals surface area contributed by atoms with Crippen molar-refractivity contribution in [1.29, 1.82) is 0 Å². The lowest BCUT2D eigenvalue weighted by Crippen LogP contribution is -2.37. The predicted octanol–water partition coefficient (Wildman–Crippen LogP) is 0.899. The molecule has 1 aliphatic rings. The minimum atomic E-state index is -0.890. The highest BCUT2D eigenvalue weighted by molar-refractivity contribution is 5.85. The van der Waals surface area contributed by atoms with Crippen molar-refractivity contribution in [3.63, 3.8) is 0 Å². The van der Waals surface area contributed by atoms with Crippen LogP contribution in [-0.4, -0.2) is 48.6 Å². The average Bonchev–Trinajstić information content (AvgIpc) is 2.86. The molecule has 0 aromatic rings. The normalized spacial score (nSPS) is 22.0. The maximum absolute atomic E-state index is 12.2. The van der Waals surface area contributed by atoms with Gasteiger partial charge in [0, 0.05) is 20.0 Å². The summed E-state index contributed by atoms with van der Waals surface area (Å²) in [7, 11) is 2.98. The van der Waals surface area contributed by atoms with Gasteiger partial charge in [-0.3, -0.25) is 14.4 Å². The number of carboxylic acid groups (broad SMARTS) is 1. The summed E-state index contributed by atoms with van der Waals surface area (Å²) >= 11 is 0. The SMILES string of the molecule is COC(=O)CCCN(C)C(=O)[C@@H]1CCC[C@@H]1C(=O)O. The van der Waals surface area contributed by atoms with Crippen LogP contribution in [-0.2, 0) is 19.1 Å². The first-order valence-electron chi connectivity index (χ1n) is 6.52. The van der Waals surface area contributed by atoms with Crippen LogP contribution in [0.1, 0.15) is 32.1 Å². The van der Waals surface area contributed by atoms with Gasteiger partial charge in [-0.2, -0.15) is 0 Å². The van der Waals surface area contributed by atoms with Crippen LogP contribution in [0.25, 0.3) is 0 Å². The summed E-state index contributed by atoms with van der Waals surface area (Å²) < 4.78 is 4.52. The highest BCUT2D eigenvalue weighted by atomic mass is 16.5. The van der Waals surface area contributed by atoms with Crippen LogP contribution in [0, 0.1) is 11.8 Å². The maximum atomic E-state index is 12.2. The number of carbonyl (C=O) groups is 3. The zero-order valence-electron chi connectivity index (χ0n) is 11.4. The minimum absolute atomic E-state index is 0.130. The Hall–Kier alpha value is -1.59. The lowest BCUT2D eigenvalue weighted by atomic mass is 9.95. The molecule has 0 aromatic heterocycles. The molecular formula is C13H21NO5. The van der Waals surface area contributed by atoms with Crippen LogP contribution in [0.15, 0.2) is 0 Å². The fourth-order valence-electron chi connectivity index (χ4n) is 2.51. The molecule has 1 aliphatic carbocycles. The smallest absolute Gasteiger partial charge is 0.307 e. The number of methoxy groups -OCH3 is 1. The highest BCUT2D eigenvalue weighted by Crippen LogP contribution is 2.33. The van der Waals surface area contributed by atoms with Gasteiger partial charge in [-0.1, -0.05) is 6.42 Å². The number of esters is 1. The van der Waals surface area contributed by atoms with E-state index >= 15 is 0 Å². The molecule has 0 bridgehead atoms. The number of amides is 1. The first kappa shape index (κ1) is 15.5. The van der Waals surface area contributed by atoms with Crippen molar-refractivity contribution in [2.24, 2.45) is 11.8 Å². The fraction of sp³-hybridized carbons (Fsp3) is 0.769. The van der Waals surface area contributed by atoms with Crippen LogP contribution >= 0.6 is 0 Å². The summed E-state index contributed by atoms with van der Waals surface area (Å²) in [5, 5.41) is 9.06. The lowest BCUT2D eigenvalue weighted by Gasteiger charge is -2.23. The summed E-state index contributed by atoms with van der Waals surface area (Å²) in [6, 6.07) is 0. The summed E-state index contributed by atoms with van der Waals surface area (Å²) in [5.74, 6) is -2.30. The van der Waals surface area contributed by atoms with Crippen molar-refractivity contribution in [3.05, 3.63) is 0 Å². The molecule has 19 heavy (non-hydrogen) atoms. The van der Waals surface area contributed by atoms with Gasteiger partial charge in [0.1, 0.15) is 0 Å². The summed E-state index contributed by atoms with van der Waals surface area (Å²) in [6.07, 6.45) is 2.78. The molecule has 0 saturated heterocycles. The molecular weight excluding hydrogens is 250 g/mol. The third-order valence-corrected chi connectivity index (χ3v) is 3.63. The summed E-state index contributed by atoms with van der Waals surface area (Å²) in [6.45, 7) is 0.441. The molecule has 1 fully saturated rings. The molecule has 0 aliphatic heterocycles. The van der Waals surface area contributed by atoms with Crippen molar-refractivity contribution in [1.82, 2.24) is 4.90 Å². The molecule has 0 spiro atoms. The van der Waals surface area contributed by atoms with E-state index in [1.54, 1.807) is 7.05 Å². The van der Waals surface area contributed by atoms with Gasteiger partial charge in [0.15, 0.2) is 0 Å². The Kier molecular flexibility index (Phi) is 5.79. The first-order chi connectivity index (χ1) is 8.97. The highest BCUT2D eigenvalue weighted by Gasteiger charge is 2.38. The van der Waals surface area contributed by atoms with E-state index in [0.717, 1.165) is 6.42 Å². The van der Waals surface area contributed by atoms with Gasteiger partial charge < -0.3 is 14.7 Å². The lowest BCUT2D eigenvalue weighted by molar-refractivity contribution is -0.148. The van der Waals surface area contributed by atoms with Crippen molar-refractivity contribution in [3.8, 4) is 0 Å². The van der Waals surface area contributed by atoms with Gasteiger partial charge in [-0.25, -0.2) is 0 Å². The minimum Gasteiger partial charge on any atom is -0.481 e. The van der Waals surface area contributed by atoms with Crippen LogP contribution in [0.2, 0.25) is 0 Å². The van der Waals surface area contributed by atoms with Crippen LogP contribution < -0.4 is 0 Å². The molecule has 6 heteroatoms. The zero-order valence-corrected chi connectivity index (χ0v) is 11.4. The van der Waals surface area contributed by atoms with Gasteiger partial charge >= 0.3 is 11.9 Å². The van der Waals surface area contributed by atoms with Gasteiger partial charge in [0.05, 0.1) is 18.9 Å². The van der Waals surface area contributed by atoms with Gasteiger partial charge in [-0.15, -0.1) is 0 Å². The third kappa shape index (κ3) is 4.22. The van der Waals surface area contributed by atoms with E-state index in [2.05, 4.69) is 4.74 Å². The second kappa shape index (κ2) is 7.11. The van der Waals surface area contributed by atoms with E-state index in [9.17, 15) is 14.4 Å². The van der Waals surface area contributed by atoms with E-state index in [0.29, 0.717) is 25.8 Å². The second-order valence-corrected chi connectivity index (χ2v) is 4.92. The van der Waals surface area contributed by atoms with Crippen molar-refractivity contribution in [2.75, 3.05) is 20.7 Å². The molecule has 1 N–H and O–H groups in total. The fourth-order valence-corrected chi connectivity index (χ4v) is 2.51. The Morgan fingerprint density at radius 2 is 1.89 bits per heavy atom. The number of hydrogen-bond acceptors (Lipinski definition) is 4. The molecule has 108 valence electrons. The Bertz CT molecular complexity index is 355. The summed E-state index contributed by atoms with van der Waals surface area (Å²) in [5.41, 5.74) is 0. The third-order valence-electron chi connectivity index (χ3n) is 3.63. The number of ether oxygens (including phenoxy) is 1. The van der Waals surface area contributed by atoms with E-state index < -0.39 is 17.8 Å². The van der Waals surface area contributed by atoms with Gasteiger partial charge in [-0.05, 0) is 19.3 Å². The quantitative estimate of drug-likeness (QED) is 0.726. The first-order valence-corrected chi connectivity index (χ1v) is 6.52. The van der Waals surface area contributed by atoms with E-state index in [1.807, 2.05) is 0 Å². The number of hydrogen-bond donors (Lipinski definition) is 1. The van der Waals surface area contributed by atoms with Crippen molar-refractivity contribution in [2.45, 2.75) is 32.1 Å². The van der Waals surface area contributed by atoms with E-state index in [-0.39, 0.29) is 18.3 Å². The Morgan fingerprint density at radius 3 is 2.47 bits per heavy atom. The molecule has 0 heterocycles. The molecule has 0 aromatic carbocycles. The molecule has 2 atom stereocenters. The van der Waals surface area contributed by atoms with Crippen molar-refractivity contribution >= 4 is 17.8 Å². The Labute approximate surface area is 112 Å².